The first kappa shape index (κ1) is 19.2. The Kier molecular flexibility index (Phi) is 6.07. The quantitative estimate of drug-likeness (QED) is 0.594. The molecule has 0 atom stereocenters. The highest BCUT2D eigenvalue weighted by Crippen LogP contribution is 2.22. The molecule has 1 heterocycles. The average Bonchev–Trinajstić information content (AvgIpc) is 3.05. The molecule has 0 bridgehead atoms. The monoisotopic (exact) mass is 376 g/mol. The molecule has 0 radical (unpaired) electrons. The van der Waals surface area contributed by atoms with Crippen LogP contribution in [0.4, 0.5) is 5.69 Å². The van der Waals surface area contributed by atoms with Crippen molar-refractivity contribution in [2.75, 3.05) is 18.1 Å². The second kappa shape index (κ2) is 8.87. The van der Waals surface area contributed by atoms with Crippen LogP contribution in [0.1, 0.15) is 28.8 Å². The number of terminal acetylenes is 1. The van der Waals surface area contributed by atoms with Gasteiger partial charge < -0.3 is 10.1 Å². The van der Waals surface area contributed by atoms with Gasteiger partial charge >= 0.3 is 0 Å². The van der Waals surface area contributed by atoms with Gasteiger partial charge in [0.1, 0.15) is 12.4 Å². The summed E-state index contributed by atoms with van der Waals surface area (Å²) in [6, 6.07) is 14.0. The van der Waals surface area contributed by atoms with E-state index in [0.717, 1.165) is 5.56 Å². The van der Waals surface area contributed by atoms with Gasteiger partial charge in [0.15, 0.2) is 0 Å². The number of anilines is 1. The van der Waals surface area contributed by atoms with Crippen LogP contribution in [-0.2, 0) is 16.0 Å². The van der Waals surface area contributed by atoms with Gasteiger partial charge in [0.25, 0.3) is 5.91 Å². The number of amides is 3. The molecule has 6 nitrogen and oxygen atoms in total. The van der Waals surface area contributed by atoms with Crippen molar-refractivity contribution in [2.45, 2.75) is 19.3 Å². The SMILES string of the molecule is C#CCOc1ccc(CCNC(=O)c2ccc(N3C(=O)CCC3=O)cc2)cc1. The fourth-order valence-electron chi connectivity index (χ4n) is 2.93. The highest BCUT2D eigenvalue weighted by Gasteiger charge is 2.30. The number of rotatable bonds is 7. The maximum absolute atomic E-state index is 12.3. The summed E-state index contributed by atoms with van der Waals surface area (Å²) in [5.41, 5.74) is 2.03. The summed E-state index contributed by atoms with van der Waals surface area (Å²) in [5, 5.41) is 2.86. The van der Waals surface area contributed by atoms with Crippen LogP contribution < -0.4 is 15.0 Å². The topological polar surface area (TPSA) is 75.7 Å². The summed E-state index contributed by atoms with van der Waals surface area (Å²) < 4.78 is 5.32. The first-order valence-electron chi connectivity index (χ1n) is 8.98. The molecular weight excluding hydrogens is 356 g/mol. The van der Waals surface area contributed by atoms with Crippen LogP contribution in [0.5, 0.6) is 5.75 Å². The second-order valence-electron chi connectivity index (χ2n) is 6.31. The maximum Gasteiger partial charge on any atom is 0.251 e. The normalized spacial score (nSPS) is 13.3. The van der Waals surface area contributed by atoms with Crippen molar-refractivity contribution < 1.29 is 19.1 Å². The highest BCUT2D eigenvalue weighted by atomic mass is 16.5. The van der Waals surface area contributed by atoms with Crippen LogP contribution >= 0.6 is 0 Å². The van der Waals surface area contributed by atoms with Gasteiger partial charge in [-0.3, -0.25) is 19.3 Å². The third-order valence-electron chi connectivity index (χ3n) is 4.38. The lowest BCUT2D eigenvalue weighted by atomic mass is 10.1. The number of nitrogens with one attached hydrogen (secondary N) is 1. The van der Waals surface area contributed by atoms with Crippen LogP contribution in [0, 0.1) is 12.3 Å². The number of imide groups is 1. The van der Waals surface area contributed by atoms with Gasteiger partial charge in [0.2, 0.25) is 11.8 Å². The molecule has 2 aromatic rings. The number of hydrogen-bond acceptors (Lipinski definition) is 4. The van der Waals surface area contributed by atoms with Crippen LogP contribution in [0.2, 0.25) is 0 Å². The molecule has 0 spiro atoms. The standard InChI is InChI=1S/C22H20N2O4/c1-2-15-28-19-9-3-16(4-10-19)13-14-23-22(27)17-5-7-18(8-6-17)24-20(25)11-12-21(24)26/h1,3-10H,11-15H2,(H,23,27). The molecule has 0 aliphatic carbocycles. The summed E-state index contributed by atoms with van der Waals surface area (Å²) in [7, 11) is 0. The molecule has 1 saturated heterocycles. The van der Waals surface area contributed by atoms with Crippen LogP contribution in [0.25, 0.3) is 0 Å². The Labute approximate surface area is 163 Å². The van der Waals surface area contributed by atoms with Crippen LogP contribution in [0.3, 0.4) is 0 Å². The van der Waals surface area contributed by atoms with E-state index in [-0.39, 0.29) is 37.2 Å². The van der Waals surface area contributed by atoms with Crippen molar-refractivity contribution in [3.8, 4) is 18.1 Å². The zero-order valence-corrected chi connectivity index (χ0v) is 15.3. The average molecular weight is 376 g/mol. The van der Waals surface area contributed by atoms with E-state index in [9.17, 15) is 14.4 Å². The van der Waals surface area contributed by atoms with E-state index in [1.165, 1.54) is 4.90 Å². The van der Waals surface area contributed by atoms with E-state index in [1.807, 2.05) is 24.3 Å². The molecule has 1 N–H and O–H groups in total. The van der Waals surface area contributed by atoms with E-state index in [2.05, 4.69) is 11.2 Å². The molecule has 3 rings (SSSR count). The first-order chi connectivity index (χ1) is 13.6. The van der Waals surface area contributed by atoms with Gasteiger partial charge in [-0.25, -0.2) is 0 Å². The van der Waals surface area contributed by atoms with Crippen molar-refractivity contribution in [3.05, 3.63) is 59.7 Å². The van der Waals surface area contributed by atoms with E-state index >= 15 is 0 Å². The molecule has 0 saturated carbocycles. The first-order valence-corrected chi connectivity index (χ1v) is 8.98. The van der Waals surface area contributed by atoms with Gasteiger partial charge in [-0.1, -0.05) is 18.1 Å². The van der Waals surface area contributed by atoms with E-state index in [0.29, 0.717) is 30.0 Å². The lowest BCUT2D eigenvalue weighted by Gasteiger charge is -2.14. The molecule has 142 valence electrons. The van der Waals surface area contributed by atoms with E-state index in [4.69, 9.17) is 11.2 Å². The van der Waals surface area contributed by atoms with Crippen molar-refractivity contribution in [1.82, 2.24) is 5.32 Å². The Morgan fingerprint density at radius 2 is 1.68 bits per heavy atom. The molecule has 1 aliphatic rings. The smallest absolute Gasteiger partial charge is 0.251 e. The largest absolute Gasteiger partial charge is 0.481 e. The van der Waals surface area contributed by atoms with Crippen molar-refractivity contribution in [3.63, 3.8) is 0 Å². The molecule has 28 heavy (non-hydrogen) atoms. The lowest BCUT2D eigenvalue weighted by molar-refractivity contribution is -0.121. The Hall–Kier alpha value is -3.59. The number of carbonyl (C=O) groups excluding carboxylic acids is 3. The molecule has 6 heteroatoms. The number of benzene rings is 2. The Balaban J connectivity index is 1.50. The number of ether oxygens (including phenoxy) is 1. The molecule has 1 fully saturated rings. The van der Waals surface area contributed by atoms with Crippen molar-refractivity contribution >= 4 is 23.4 Å². The van der Waals surface area contributed by atoms with Gasteiger partial charge in [-0.15, -0.1) is 6.42 Å². The highest BCUT2D eigenvalue weighted by molar-refractivity contribution is 6.19. The summed E-state index contributed by atoms with van der Waals surface area (Å²) in [6.07, 6.45) is 6.30. The van der Waals surface area contributed by atoms with Crippen molar-refractivity contribution in [1.29, 1.82) is 0 Å². The van der Waals surface area contributed by atoms with Gasteiger partial charge in [-0.2, -0.15) is 0 Å². The molecule has 1 aliphatic heterocycles. The fourth-order valence-corrected chi connectivity index (χ4v) is 2.93. The number of nitrogens with zero attached hydrogens (tertiary/aromatic N) is 1. The summed E-state index contributed by atoms with van der Waals surface area (Å²) in [4.78, 5) is 37.0. The molecule has 3 amide bonds. The number of carbonyl (C=O) groups is 3. The second-order valence-corrected chi connectivity index (χ2v) is 6.31. The third kappa shape index (κ3) is 4.57. The van der Waals surface area contributed by atoms with E-state index < -0.39 is 0 Å². The lowest BCUT2D eigenvalue weighted by Crippen LogP contribution is -2.29. The van der Waals surface area contributed by atoms with Crippen molar-refractivity contribution in [2.24, 2.45) is 0 Å². The maximum atomic E-state index is 12.3. The van der Waals surface area contributed by atoms with Gasteiger partial charge in [0, 0.05) is 24.9 Å². The molecule has 2 aromatic carbocycles. The summed E-state index contributed by atoms with van der Waals surface area (Å²) in [5.74, 6) is 2.49. The minimum atomic E-state index is -0.210. The zero-order valence-electron chi connectivity index (χ0n) is 15.3. The Bertz CT molecular complexity index is 895. The minimum absolute atomic E-state index is 0.209. The minimum Gasteiger partial charge on any atom is -0.481 e. The van der Waals surface area contributed by atoms with Crippen LogP contribution in [-0.4, -0.2) is 30.9 Å². The molecule has 0 unspecified atom stereocenters. The summed E-state index contributed by atoms with van der Waals surface area (Å²) in [6.45, 7) is 0.711. The molecular formula is C22H20N2O4. The fraction of sp³-hybridized carbons (Fsp3) is 0.227. The zero-order chi connectivity index (χ0) is 19.9. The van der Waals surface area contributed by atoms with E-state index in [1.54, 1.807) is 24.3 Å². The number of hydrogen-bond donors (Lipinski definition) is 1. The molecule has 0 aromatic heterocycles. The predicted octanol–water partition coefficient (Wildman–Crippen LogP) is 2.32. The van der Waals surface area contributed by atoms with Gasteiger partial charge in [0.05, 0.1) is 5.69 Å². The van der Waals surface area contributed by atoms with Gasteiger partial charge in [-0.05, 0) is 48.4 Å². The Morgan fingerprint density at radius 1 is 1.04 bits per heavy atom. The summed E-state index contributed by atoms with van der Waals surface area (Å²) >= 11 is 0. The van der Waals surface area contributed by atoms with Crippen LogP contribution in [0.15, 0.2) is 48.5 Å². The predicted molar refractivity (Wildman–Crippen MR) is 105 cm³/mol. The third-order valence-corrected chi connectivity index (χ3v) is 4.38. The Morgan fingerprint density at radius 3 is 2.29 bits per heavy atom.